The first-order valence-electron chi connectivity index (χ1n) is 7.26. The molecule has 98 valence electrons. The summed E-state index contributed by atoms with van der Waals surface area (Å²) in [4.78, 5) is 14.6. The number of nitrogens with two attached hydrogens (primary N) is 1. The Morgan fingerprint density at radius 3 is 2.29 bits per heavy atom. The van der Waals surface area contributed by atoms with Crippen LogP contribution in [-0.2, 0) is 4.79 Å². The van der Waals surface area contributed by atoms with Crippen molar-refractivity contribution in [2.24, 2.45) is 17.6 Å². The zero-order chi connectivity index (χ0) is 12.3. The Kier molecular flexibility index (Phi) is 4.43. The Balaban J connectivity index is 1.86. The molecule has 2 N–H and O–H groups in total. The highest BCUT2D eigenvalue weighted by molar-refractivity contribution is 5.79. The maximum atomic E-state index is 12.5. The summed E-state index contributed by atoms with van der Waals surface area (Å²) in [6.45, 7) is 3.91. The van der Waals surface area contributed by atoms with Crippen molar-refractivity contribution in [2.75, 3.05) is 13.1 Å². The van der Waals surface area contributed by atoms with E-state index in [-0.39, 0.29) is 0 Å². The third-order valence-electron chi connectivity index (χ3n) is 4.26. The van der Waals surface area contributed by atoms with Crippen LogP contribution in [-0.4, -0.2) is 29.9 Å². The van der Waals surface area contributed by atoms with Crippen LogP contribution >= 0.6 is 0 Å². The second kappa shape index (κ2) is 5.85. The normalized spacial score (nSPS) is 29.1. The Morgan fingerprint density at radius 1 is 1.18 bits per heavy atom. The Morgan fingerprint density at radius 2 is 1.82 bits per heavy atom. The highest BCUT2D eigenvalue weighted by Gasteiger charge is 2.36. The van der Waals surface area contributed by atoms with Gasteiger partial charge >= 0.3 is 0 Å². The standard InChI is InChI=1S/C14H26N2O/c1-2-9-16(13-7-8-13)14(17)12-5-3-11(10-15)4-6-12/h11-13H,2-10,15H2,1H3. The molecular weight excluding hydrogens is 212 g/mol. The molecule has 0 radical (unpaired) electrons. The minimum absolute atomic E-state index is 0.296. The van der Waals surface area contributed by atoms with Crippen LogP contribution in [0.25, 0.3) is 0 Å². The van der Waals surface area contributed by atoms with Gasteiger partial charge in [-0.1, -0.05) is 6.92 Å². The number of carbonyl (C=O) groups is 1. The molecule has 0 aromatic carbocycles. The molecule has 0 aliphatic heterocycles. The quantitative estimate of drug-likeness (QED) is 0.797. The van der Waals surface area contributed by atoms with Crippen molar-refractivity contribution in [3.63, 3.8) is 0 Å². The van der Waals surface area contributed by atoms with Gasteiger partial charge < -0.3 is 10.6 Å². The Labute approximate surface area is 105 Å². The molecule has 2 aliphatic carbocycles. The molecule has 0 atom stereocenters. The van der Waals surface area contributed by atoms with E-state index in [1.165, 1.54) is 12.8 Å². The van der Waals surface area contributed by atoms with E-state index in [4.69, 9.17) is 5.73 Å². The van der Waals surface area contributed by atoms with Crippen LogP contribution in [0.5, 0.6) is 0 Å². The van der Waals surface area contributed by atoms with E-state index < -0.39 is 0 Å². The van der Waals surface area contributed by atoms with Gasteiger partial charge in [-0.25, -0.2) is 0 Å². The average Bonchev–Trinajstić information content (AvgIpc) is 3.19. The van der Waals surface area contributed by atoms with E-state index >= 15 is 0 Å². The van der Waals surface area contributed by atoms with E-state index in [1.54, 1.807) is 0 Å². The molecule has 2 saturated carbocycles. The molecule has 2 rings (SSSR count). The van der Waals surface area contributed by atoms with Gasteiger partial charge in [-0.2, -0.15) is 0 Å². The van der Waals surface area contributed by atoms with Crippen molar-refractivity contribution < 1.29 is 4.79 Å². The molecule has 1 amide bonds. The van der Waals surface area contributed by atoms with Gasteiger partial charge in [0.2, 0.25) is 5.91 Å². The minimum atomic E-state index is 0.296. The Hall–Kier alpha value is -0.570. The van der Waals surface area contributed by atoms with Crippen LogP contribution in [0.2, 0.25) is 0 Å². The van der Waals surface area contributed by atoms with Gasteiger partial charge in [-0.3, -0.25) is 4.79 Å². The Bertz CT molecular complexity index is 255. The molecule has 0 unspecified atom stereocenters. The number of amides is 1. The highest BCUT2D eigenvalue weighted by Crippen LogP contribution is 2.33. The molecule has 3 heteroatoms. The fraction of sp³-hybridized carbons (Fsp3) is 0.929. The summed E-state index contributed by atoms with van der Waals surface area (Å²) in [6, 6.07) is 0.578. The fourth-order valence-corrected chi connectivity index (χ4v) is 2.98. The number of nitrogens with zero attached hydrogens (tertiary/aromatic N) is 1. The van der Waals surface area contributed by atoms with Gasteiger partial charge in [-0.05, 0) is 57.4 Å². The number of rotatable bonds is 5. The summed E-state index contributed by atoms with van der Waals surface area (Å²) >= 11 is 0. The van der Waals surface area contributed by atoms with Crippen LogP contribution < -0.4 is 5.73 Å². The van der Waals surface area contributed by atoms with Crippen LogP contribution in [0.3, 0.4) is 0 Å². The monoisotopic (exact) mass is 238 g/mol. The highest BCUT2D eigenvalue weighted by atomic mass is 16.2. The zero-order valence-electron chi connectivity index (χ0n) is 11.0. The first-order chi connectivity index (χ1) is 8.26. The van der Waals surface area contributed by atoms with Crippen LogP contribution in [0.4, 0.5) is 0 Å². The smallest absolute Gasteiger partial charge is 0.225 e. The molecule has 0 spiro atoms. The van der Waals surface area contributed by atoms with Gasteiger partial charge in [0.25, 0.3) is 0 Å². The molecule has 0 bridgehead atoms. The lowest BCUT2D eigenvalue weighted by Gasteiger charge is -2.31. The van der Waals surface area contributed by atoms with Gasteiger partial charge in [-0.15, -0.1) is 0 Å². The third kappa shape index (κ3) is 3.21. The average molecular weight is 238 g/mol. The number of hydrogen-bond donors (Lipinski definition) is 1. The molecule has 0 aromatic heterocycles. The van der Waals surface area contributed by atoms with E-state index in [0.29, 0.717) is 23.8 Å². The van der Waals surface area contributed by atoms with Crippen LogP contribution in [0, 0.1) is 11.8 Å². The minimum Gasteiger partial charge on any atom is -0.339 e. The second-order valence-corrected chi connectivity index (χ2v) is 5.72. The summed E-state index contributed by atoms with van der Waals surface area (Å²) in [5, 5.41) is 0. The summed E-state index contributed by atoms with van der Waals surface area (Å²) in [5.74, 6) is 1.40. The van der Waals surface area contributed by atoms with E-state index in [2.05, 4.69) is 11.8 Å². The van der Waals surface area contributed by atoms with Crippen molar-refractivity contribution in [3.05, 3.63) is 0 Å². The molecular formula is C14H26N2O. The summed E-state index contributed by atoms with van der Waals surface area (Å²) in [7, 11) is 0. The first-order valence-corrected chi connectivity index (χ1v) is 7.26. The topological polar surface area (TPSA) is 46.3 Å². The van der Waals surface area contributed by atoms with Crippen LogP contribution in [0.1, 0.15) is 51.9 Å². The second-order valence-electron chi connectivity index (χ2n) is 5.72. The van der Waals surface area contributed by atoms with Crippen LogP contribution in [0.15, 0.2) is 0 Å². The van der Waals surface area contributed by atoms with Gasteiger partial charge in [0.1, 0.15) is 0 Å². The fourth-order valence-electron chi connectivity index (χ4n) is 2.98. The molecule has 3 nitrogen and oxygen atoms in total. The van der Waals surface area contributed by atoms with Gasteiger partial charge in [0.05, 0.1) is 0 Å². The molecule has 2 aliphatic rings. The maximum Gasteiger partial charge on any atom is 0.225 e. The predicted molar refractivity (Wildman–Crippen MR) is 69.5 cm³/mol. The largest absolute Gasteiger partial charge is 0.339 e. The van der Waals surface area contributed by atoms with E-state index in [1.807, 2.05) is 0 Å². The summed E-state index contributed by atoms with van der Waals surface area (Å²) < 4.78 is 0. The molecule has 2 fully saturated rings. The van der Waals surface area contributed by atoms with Gasteiger partial charge in [0.15, 0.2) is 0 Å². The lowest BCUT2D eigenvalue weighted by molar-refractivity contribution is -0.137. The molecule has 0 saturated heterocycles. The molecule has 17 heavy (non-hydrogen) atoms. The van der Waals surface area contributed by atoms with Crippen molar-refractivity contribution in [2.45, 2.75) is 57.9 Å². The van der Waals surface area contributed by atoms with E-state index in [0.717, 1.165) is 45.2 Å². The zero-order valence-corrected chi connectivity index (χ0v) is 11.0. The number of carbonyl (C=O) groups excluding carboxylic acids is 1. The van der Waals surface area contributed by atoms with Crippen molar-refractivity contribution in [1.29, 1.82) is 0 Å². The lowest BCUT2D eigenvalue weighted by atomic mass is 9.81. The predicted octanol–water partition coefficient (Wildman–Crippen LogP) is 2.15. The van der Waals surface area contributed by atoms with Crippen molar-refractivity contribution in [3.8, 4) is 0 Å². The van der Waals surface area contributed by atoms with Gasteiger partial charge in [0, 0.05) is 18.5 Å². The maximum absolute atomic E-state index is 12.5. The third-order valence-corrected chi connectivity index (χ3v) is 4.26. The molecule has 0 aromatic rings. The lowest BCUT2D eigenvalue weighted by Crippen LogP contribution is -2.40. The SMILES string of the molecule is CCCN(C(=O)C1CCC(CN)CC1)C1CC1. The van der Waals surface area contributed by atoms with Crippen molar-refractivity contribution in [1.82, 2.24) is 4.90 Å². The van der Waals surface area contributed by atoms with E-state index in [9.17, 15) is 4.79 Å². The number of hydrogen-bond acceptors (Lipinski definition) is 2. The molecule has 0 heterocycles. The van der Waals surface area contributed by atoms with Crippen molar-refractivity contribution >= 4 is 5.91 Å². The summed E-state index contributed by atoms with van der Waals surface area (Å²) in [6.07, 6.45) is 7.96. The first kappa shape index (κ1) is 12.9. The summed E-state index contributed by atoms with van der Waals surface area (Å²) in [5.41, 5.74) is 5.70.